The summed E-state index contributed by atoms with van der Waals surface area (Å²) in [5, 5.41) is 5.15. The van der Waals surface area contributed by atoms with Gasteiger partial charge in [-0.05, 0) is 101 Å². The molecule has 0 saturated heterocycles. The first-order chi connectivity index (χ1) is 29.5. The number of hydrogen-bond donors (Lipinski definition) is 0. The molecule has 0 bridgehead atoms. The molecule has 3 nitrogen and oxygen atoms in total. The second-order valence-corrected chi connectivity index (χ2v) is 16.9. The van der Waals surface area contributed by atoms with Crippen LogP contribution in [0.2, 0.25) is 0 Å². The quantitative estimate of drug-likeness (QED) is 0.164. The summed E-state index contributed by atoms with van der Waals surface area (Å²) in [4.78, 5) is 2.46. The molecule has 8 aromatic carbocycles. The van der Waals surface area contributed by atoms with Crippen LogP contribution in [-0.4, -0.2) is 9.13 Å². The second kappa shape index (κ2) is 13.3. The molecule has 0 fully saturated rings. The van der Waals surface area contributed by atoms with Crippen molar-refractivity contribution in [3.8, 4) is 22.5 Å². The van der Waals surface area contributed by atoms with Crippen LogP contribution in [0.25, 0.3) is 66.1 Å². The minimum absolute atomic E-state index is 0.309. The van der Waals surface area contributed by atoms with Crippen molar-refractivity contribution in [1.29, 1.82) is 0 Å². The summed E-state index contributed by atoms with van der Waals surface area (Å²) < 4.78 is 5.04. The largest absolute Gasteiger partial charge is 0.311 e. The molecule has 10 aromatic rings. The van der Waals surface area contributed by atoms with Crippen LogP contribution in [0.3, 0.4) is 0 Å². The molecule has 0 spiro atoms. The third-order valence-electron chi connectivity index (χ3n) is 13.2. The fourth-order valence-corrected chi connectivity index (χ4v) is 10.3. The molecule has 0 radical (unpaired) electrons. The monoisotopic (exact) mass is 769 g/mol. The molecule has 2 aromatic heterocycles. The molecule has 12 rings (SSSR count). The van der Waals surface area contributed by atoms with E-state index in [9.17, 15) is 0 Å². The second-order valence-electron chi connectivity index (χ2n) is 16.9. The van der Waals surface area contributed by atoms with Gasteiger partial charge < -0.3 is 14.0 Å². The summed E-state index contributed by atoms with van der Waals surface area (Å²) in [5.41, 5.74) is 17.1. The molecule has 1 aliphatic carbocycles. The number of allylic oxidation sites excluding steroid dienone is 3. The van der Waals surface area contributed by atoms with Crippen molar-refractivity contribution in [2.75, 3.05) is 4.90 Å². The van der Waals surface area contributed by atoms with Gasteiger partial charge in [-0.3, -0.25) is 0 Å². The average Bonchev–Trinajstić information content (AvgIpc) is 3.83. The molecule has 60 heavy (non-hydrogen) atoms. The molecule has 3 heteroatoms. The van der Waals surface area contributed by atoms with Crippen molar-refractivity contribution in [3.05, 3.63) is 229 Å². The first-order valence-electron chi connectivity index (χ1n) is 21.1. The zero-order valence-corrected chi connectivity index (χ0v) is 33.8. The lowest BCUT2D eigenvalue weighted by molar-refractivity contribution is 0.631. The van der Waals surface area contributed by atoms with E-state index >= 15 is 0 Å². The lowest BCUT2D eigenvalue weighted by Crippen LogP contribution is -2.27. The van der Waals surface area contributed by atoms with Crippen molar-refractivity contribution in [2.24, 2.45) is 0 Å². The van der Waals surface area contributed by atoms with Gasteiger partial charge in [0.2, 0.25) is 0 Å². The van der Waals surface area contributed by atoms with Crippen LogP contribution in [0, 0.1) is 0 Å². The van der Waals surface area contributed by atoms with Gasteiger partial charge in [-0.1, -0.05) is 153 Å². The molecule has 0 saturated carbocycles. The van der Waals surface area contributed by atoms with Gasteiger partial charge in [0.15, 0.2) is 0 Å². The van der Waals surface area contributed by atoms with Crippen LogP contribution in [0.4, 0.5) is 11.4 Å². The highest BCUT2D eigenvalue weighted by atomic mass is 15.1. The molecular formula is C57H43N3. The first kappa shape index (κ1) is 34.7. The van der Waals surface area contributed by atoms with E-state index in [1.807, 2.05) is 0 Å². The molecular weight excluding hydrogens is 727 g/mol. The highest BCUT2D eigenvalue weighted by molar-refractivity contribution is 6.27. The van der Waals surface area contributed by atoms with Crippen molar-refractivity contribution < 1.29 is 0 Å². The van der Waals surface area contributed by atoms with Gasteiger partial charge in [0.1, 0.15) is 0 Å². The molecule has 2 aliphatic rings. The number of hydrogen-bond acceptors (Lipinski definition) is 1. The van der Waals surface area contributed by atoms with Crippen molar-refractivity contribution >= 4 is 55.0 Å². The Labute approximate surface area is 350 Å². The summed E-state index contributed by atoms with van der Waals surface area (Å²) in [6.07, 6.45) is 8.08. The van der Waals surface area contributed by atoms with Crippen LogP contribution >= 0.6 is 0 Å². The number of benzene rings is 8. The van der Waals surface area contributed by atoms with E-state index in [0.29, 0.717) is 5.92 Å². The third kappa shape index (κ3) is 5.15. The van der Waals surface area contributed by atoms with E-state index in [-0.39, 0.29) is 5.41 Å². The van der Waals surface area contributed by atoms with E-state index in [2.05, 4.69) is 234 Å². The van der Waals surface area contributed by atoms with Crippen LogP contribution < -0.4 is 4.90 Å². The van der Waals surface area contributed by atoms with Gasteiger partial charge in [-0.2, -0.15) is 0 Å². The third-order valence-corrected chi connectivity index (χ3v) is 13.2. The van der Waals surface area contributed by atoms with Crippen molar-refractivity contribution in [1.82, 2.24) is 9.13 Å². The van der Waals surface area contributed by atoms with E-state index in [1.165, 1.54) is 88.5 Å². The van der Waals surface area contributed by atoms with Crippen LogP contribution in [0.15, 0.2) is 212 Å². The summed E-state index contributed by atoms with van der Waals surface area (Å²) in [7, 11) is 0. The summed E-state index contributed by atoms with van der Waals surface area (Å²) in [6.45, 7) is 4.86. The molecule has 1 unspecified atom stereocenters. The Morgan fingerprint density at radius 1 is 0.517 bits per heavy atom. The number of nitrogens with zero attached hydrogens (tertiary/aromatic N) is 3. The highest BCUT2D eigenvalue weighted by Gasteiger charge is 2.38. The molecule has 286 valence electrons. The van der Waals surface area contributed by atoms with Crippen molar-refractivity contribution in [3.63, 3.8) is 0 Å². The fourth-order valence-electron chi connectivity index (χ4n) is 10.3. The molecule has 0 amide bonds. The summed E-state index contributed by atoms with van der Waals surface area (Å²) in [6, 6.07) is 69.1. The van der Waals surface area contributed by atoms with Crippen LogP contribution in [0.1, 0.15) is 42.9 Å². The number of anilines is 2. The standard InChI is InChI=1S/C57H43N3/c1-57(2)49-36-45(58(43-30-26-40(27-31-43)38-16-6-3-7-17-38)44-32-28-41(29-33-44)39-18-8-4-9-19-39)34-35-53(49)60-52-25-15-13-23-47(52)54-55-48(37-50(57)56(54)60)46-22-12-14-24-51(46)59(55)42-20-10-5-11-21-42/h3-28,30-37,41H,29H2,1-2H3. The maximum atomic E-state index is 2.56. The predicted octanol–water partition coefficient (Wildman–Crippen LogP) is 15.0. The Morgan fingerprint density at radius 2 is 1.13 bits per heavy atom. The Bertz CT molecular complexity index is 3350. The summed E-state index contributed by atoms with van der Waals surface area (Å²) >= 11 is 0. The van der Waals surface area contributed by atoms with Crippen molar-refractivity contribution in [2.45, 2.75) is 31.6 Å². The van der Waals surface area contributed by atoms with E-state index < -0.39 is 0 Å². The number of fused-ring (bicyclic) bond motifs is 9. The van der Waals surface area contributed by atoms with Gasteiger partial charge >= 0.3 is 0 Å². The topological polar surface area (TPSA) is 13.1 Å². The number of para-hydroxylation sites is 3. The minimum atomic E-state index is -0.309. The van der Waals surface area contributed by atoms with Gasteiger partial charge in [0.05, 0.1) is 27.8 Å². The maximum absolute atomic E-state index is 2.56. The number of aromatic nitrogens is 2. The van der Waals surface area contributed by atoms with Crippen LogP contribution in [-0.2, 0) is 5.41 Å². The zero-order valence-electron chi connectivity index (χ0n) is 33.8. The smallest absolute Gasteiger partial charge is 0.0641 e. The minimum Gasteiger partial charge on any atom is -0.311 e. The Balaban J connectivity index is 1.08. The van der Waals surface area contributed by atoms with Gasteiger partial charge in [-0.25, -0.2) is 0 Å². The highest BCUT2D eigenvalue weighted by Crippen LogP contribution is 2.52. The van der Waals surface area contributed by atoms with E-state index in [0.717, 1.165) is 17.8 Å². The van der Waals surface area contributed by atoms with Gasteiger partial charge in [-0.15, -0.1) is 0 Å². The molecule has 1 aliphatic heterocycles. The Kier molecular flexibility index (Phi) is 7.71. The average molecular weight is 770 g/mol. The lowest BCUT2D eigenvalue weighted by Gasteiger charge is -2.37. The molecule has 3 heterocycles. The van der Waals surface area contributed by atoms with Gasteiger partial charge in [0.25, 0.3) is 0 Å². The van der Waals surface area contributed by atoms with E-state index in [4.69, 9.17) is 0 Å². The predicted molar refractivity (Wildman–Crippen MR) is 252 cm³/mol. The molecule has 0 N–H and O–H groups in total. The fraction of sp³-hybridized carbons (Fsp3) is 0.0877. The zero-order chi connectivity index (χ0) is 40.0. The maximum Gasteiger partial charge on any atom is 0.0641 e. The normalized spacial score (nSPS) is 15.4. The Morgan fingerprint density at radius 3 is 1.85 bits per heavy atom. The lowest BCUT2D eigenvalue weighted by atomic mass is 9.74. The molecule has 1 atom stereocenters. The number of rotatable bonds is 6. The van der Waals surface area contributed by atoms with Crippen LogP contribution in [0.5, 0.6) is 0 Å². The van der Waals surface area contributed by atoms with Gasteiger partial charge in [0, 0.05) is 55.6 Å². The van der Waals surface area contributed by atoms with E-state index in [1.54, 1.807) is 0 Å². The summed E-state index contributed by atoms with van der Waals surface area (Å²) in [5.74, 6) is 0.352. The SMILES string of the molecule is CC1(C)c2cc(N(C3=CCC(c4ccccc4)C=C3)c3ccc(-c4ccccc4)cc3)ccc2-n2c3ccccc3c3c2c1cc1c2ccccc2n(-c2ccccc2)c13. The Hall–Kier alpha value is -7.36. The first-order valence-corrected chi connectivity index (χ1v) is 21.1.